The number of hydrogen-bond donors (Lipinski definition) is 3. The molecule has 2 amide bonds. The van der Waals surface area contributed by atoms with E-state index >= 15 is 0 Å². The van der Waals surface area contributed by atoms with Crippen LogP contribution in [0.1, 0.15) is 11.3 Å². The summed E-state index contributed by atoms with van der Waals surface area (Å²) in [5.74, 6) is 0. The third kappa shape index (κ3) is 3.99. The lowest BCUT2D eigenvalue weighted by Gasteiger charge is -2.07. The number of aromatic nitrogens is 1. The predicted molar refractivity (Wildman–Crippen MR) is 75.7 cm³/mol. The predicted octanol–water partition coefficient (Wildman–Crippen LogP) is 2.29. The standard InChI is InChI=1S/C14H16N4O/c1-10-2-3-11(8-16-10)9-17-14(19)18-13-6-4-12(15)5-7-13/h2-8H,9,15H2,1H3,(H2,17,18,19). The van der Waals surface area contributed by atoms with E-state index in [0.717, 1.165) is 11.3 Å². The molecule has 98 valence electrons. The van der Waals surface area contributed by atoms with Crippen LogP contribution in [0.2, 0.25) is 0 Å². The molecular formula is C14H16N4O. The van der Waals surface area contributed by atoms with Crippen molar-refractivity contribution < 1.29 is 4.79 Å². The Morgan fingerprint density at radius 1 is 1.21 bits per heavy atom. The van der Waals surface area contributed by atoms with E-state index in [1.165, 1.54) is 0 Å². The van der Waals surface area contributed by atoms with E-state index in [9.17, 15) is 4.79 Å². The molecule has 0 radical (unpaired) electrons. The maximum Gasteiger partial charge on any atom is 0.319 e. The van der Waals surface area contributed by atoms with Crippen LogP contribution in [0, 0.1) is 6.92 Å². The zero-order valence-corrected chi connectivity index (χ0v) is 10.7. The van der Waals surface area contributed by atoms with E-state index in [2.05, 4.69) is 15.6 Å². The molecule has 1 aromatic carbocycles. The van der Waals surface area contributed by atoms with E-state index in [1.807, 2.05) is 19.1 Å². The van der Waals surface area contributed by atoms with Crippen LogP contribution in [0.5, 0.6) is 0 Å². The van der Waals surface area contributed by atoms with Crippen molar-refractivity contribution in [3.63, 3.8) is 0 Å². The lowest BCUT2D eigenvalue weighted by molar-refractivity contribution is 0.251. The molecule has 5 heteroatoms. The van der Waals surface area contributed by atoms with Crippen LogP contribution in [0.15, 0.2) is 42.6 Å². The van der Waals surface area contributed by atoms with Gasteiger partial charge in [0.05, 0.1) is 0 Å². The van der Waals surface area contributed by atoms with Gasteiger partial charge in [-0.05, 0) is 42.8 Å². The molecule has 0 fully saturated rings. The second-order valence-electron chi connectivity index (χ2n) is 4.24. The van der Waals surface area contributed by atoms with Gasteiger partial charge in [0, 0.05) is 29.8 Å². The van der Waals surface area contributed by atoms with Crippen molar-refractivity contribution in [1.82, 2.24) is 10.3 Å². The zero-order valence-electron chi connectivity index (χ0n) is 10.7. The second kappa shape index (κ2) is 5.86. The largest absolute Gasteiger partial charge is 0.399 e. The number of urea groups is 1. The molecule has 0 aliphatic rings. The van der Waals surface area contributed by atoms with Gasteiger partial charge in [-0.2, -0.15) is 0 Å². The van der Waals surface area contributed by atoms with Gasteiger partial charge in [0.25, 0.3) is 0 Å². The fraction of sp³-hybridized carbons (Fsp3) is 0.143. The number of aryl methyl sites for hydroxylation is 1. The smallest absolute Gasteiger partial charge is 0.319 e. The van der Waals surface area contributed by atoms with Crippen molar-refractivity contribution in [2.24, 2.45) is 0 Å². The summed E-state index contributed by atoms with van der Waals surface area (Å²) in [6.07, 6.45) is 1.75. The molecule has 0 unspecified atom stereocenters. The van der Waals surface area contributed by atoms with Gasteiger partial charge in [0.1, 0.15) is 0 Å². The first kappa shape index (κ1) is 12.9. The van der Waals surface area contributed by atoms with E-state index in [0.29, 0.717) is 17.9 Å². The minimum Gasteiger partial charge on any atom is -0.399 e. The number of nitrogen functional groups attached to an aromatic ring is 1. The van der Waals surface area contributed by atoms with Crippen molar-refractivity contribution in [2.45, 2.75) is 13.5 Å². The molecule has 0 bridgehead atoms. The first-order valence-electron chi connectivity index (χ1n) is 5.95. The lowest BCUT2D eigenvalue weighted by atomic mass is 10.2. The first-order valence-corrected chi connectivity index (χ1v) is 5.95. The Hall–Kier alpha value is -2.56. The van der Waals surface area contributed by atoms with Crippen LogP contribution >= 0.6 is 0 Å². The van der Waals surface area contributed by atoms with Gasteiger partial charge >= 0.3 is 6.03 Å². The number of carbonyl (C=O) groups is 1. The Morgan fingerprint density at radius 3 is 2.58 bits per heavy atom. The summed E-state index contributed by atoms with van der Waals surface area (Å²) in [5, 5.41) is 5.48. The van der Waals surface area contributed by atoms with Crippen LogP contribution in [0.4, 0.5) is 16.2 Å². The normalized spacial score (nSPS) is 9.95. The van der Waals surface area contributed by atoms with Gasteiger partial charge in [0.2, 0.25) is 0 Å². The Kier molecular flexibility index (Phi) is 3.97. The third-order valence-corrected chi connectivity index (χ3v) is 2.59. The molecule has 1 aromatic heterocycles. The van der Waals surface area contributed by atoms with E-state index < -0.39 is 0 Å². The Labute approximate surface area is 111 Å². The number of nitrogens with zero attached hydrogens (tertiary/aromatic N) is 1. The molecule has 0 atom stereocenters. The maximum absolute atomic E-state index is 11.7. The Balaban J connectivity index is 1.84. The Morgan fingerprint density at radius 2 is 1.95 bits per heavy atom. The molecule has 0 saturated carbocycles. The molecular weight excluding hydrogens is 240 g/mol. The van der Waals surface area contributed by atoms with Gasteiger partial charge in [-0.25, -0.2) is 4.79 Å². The number of anilines is 2. The molecule has 2 aromatic rings. The Bertz CT molecular complexity index is 549. The lowest BCUT2D eigenvalue weighted by Crippen LogP contribution is -2.28. The summed E-state index contributed by atoms with van der Waals surface area (Å²) in [6.45, 7) is 2.36. The monoisotopic (exact) mass is 256 g/mol. The average molecular weight is 256 g/mol. The second-order valence-corrected chi connectivity index (χ2v) is 4.24. The van der Waals surface area contributed by atoms with Crippen LogP contribution in [-0.4, -0.2) is 11.0 Å². The molecule has 5 nitrogen and oxygen atoms in total. The van der Waals surface area contributed by atoms with Crippen LogP contribution in [-0.2, 0) is 6.54 Å². The molecule has 2 rings (SSSR count). The van der Waals surface area contributed by atoms with Crippen molar-refractivity contribution in [1.29, 1.82) is 0 Å². The fourth-order valence-electron chi connectivity index (χ4n) is 1.53. The van der Waals surface area contributed by atoms with Gasteiger partial charge in [0.15, 0.2) is 0 Å². The summed E-state index contributed by atoms with van der Waals surface area (Å²) in [7, 11) is 0. The third-order valence-electron chi connectivity index (χ3n) is 2.59. The number of rotatable bonds is 3. The van der Waals surface area contributed by atoms with E-state index in [1.54, 1.807) is 30.5 Å². The summed E-state index contributed by atoms with van der Waals surface area (Å²) in [6, 6.07) is 10.6. The highest BCUT2D eigenvalue weighted by atomic mass is 16.2. The molecule has 4 N–H and O–H groups in total. The summed E-state index contributed by atoms with van der Waals surface area (Å²) < 4.78 is 0. The van der Waals surface area contributed by atoms with Gasteiger partial charge in [-0.1, -0.05) is 6.07 Å². The number of amides is 2. The summed E-state index contributed by atoms with van der Waals surface area (Å²) in [5.41, 5.74) is 8.85. The molecule has 0 spiro atoms. The van der Waals surface area contributed by atoms with Crippen molar-refractivity contribution >= 4 is 17.4 Å². The highest BCUT2D eigenvalue weighted by Crippen LogP contribution is 2.10. The molecule has 0 saturated heterocycles. The van der Waals surface area contributed by atoms with Crippen molar-refractivity contribution in [3.05, 3.63) is 53.9 Å². The highest BCUT2D eigenvalue weighted by molar-refractivity contribution is 5.89. The molecule has 19 heavy (non-hydrogen) atoms. The summed E-state index contributed by atoms with van der Waals surface area (Å²) >= 11 is 0. The summed E-state index contributed by atoms with van der Waals surface area (Å²) in [4.78, 5) is 15.8. The maximum atomic E-state index is 11.7. The van der Waals surface area contributed by atoms with E-state index in [4.69, 9.17) is 5.73 Å². The number of benzene rings is 1. The van der Waals surface area contributed by atoms with Crippen LogP contribution in [0.3, 0.4) is 0 Å². The minimum atomic E-state index is -0.259. The fourth-order valence-corrected chi connectivity index (χ4v) is 1.53. The first-order chi connectivity index (χ1) is 9.13. The SMILES string of the molecule is Cc1ccc(CNC(=O)Nc2ccc(N)cc2)cn1. The number of nitrogens with one attached hydrogen (secondary N) is 2. The van der Waals surface area contributed by atoms with Gasteiger partial charge in [-0.3, -0.25) is 4.98 Å². The molecule has 0 aliphatic heterocycles. The number of nitrogens with two attached hydrogens (primary N) is 1. The van der Waals surface area contributed by atoms with Crippen LogP contribution in [0.25, 0.3) is 0 Å². The van der Waals surface area contributed by atoms with Crippen molar-refractivity contribution in [3.8, 4) is 0 Å². The molecule has 1 heterocycles. The van der Waals surface area contributed by atoms with Gasteiger partial charge < -0.3 is 16.4 Å². The quantitative estimate of drug-likeness (QED) is 0.737. The topological polar surface area (TPSA) is 80.0 Å². The van der Waals surface area contributed by atoms with Crippen LogP contribution < -0.4 is 16.4 Å². The highest BCUT2D eigenvalue weighted by Gasteiger charge is 2.01. The number of carbonyl (C=O) groups excluding carboxylic acids is 1. The van der Waals surface area contributed by atoms with Crippen molar-refractivity contribution in [2.75, 3.05) is 11.1 Å². The van der Waals surface area contributed by atoms with Gasteiger partial charge in [-0.15, -0.1) is 0 Å². The minimum absolute atomic E-state index is 0.259. The number of pyridine rings is 1. The number of hydrogen-bond acceptors (Lipinski definition) is 3. The van der Waals surface area contributed by atoms with E-state index in [-0.39, 0.29) is 6.03 Å². The zero-order chi connectivity index (χ0) is 13.7. The molecule has 0 aliphatic carbocycles. The average Bonchev–Trinajstić information content (AvgIpc) is 2.41.